The molecule has 0 aromatic rings. The van der Waals surface area contributed by atoms with Crippen molar-refractivity contribution in [1.82, 2.24) is 0 Å². The van der Waals surface area contributed by atoms with Crippen molar-refractivity contribution in [3.05, 3.63) is 0 Å². The van der Waals surface area contributed by atoms with Gasteiger partial charge in [0.2, 0.25) is 0 Å². The number of hydrogen-bond acceptors (Lipinski definition) is 5. The monoisotopic (exact) mass is 182 g/mol. The van der Waals surface area contributed by atoms with Crippen LogP contribution in [0.15, 0.2) is 0 Å². The molecule has 0 aliphatic carbocycles. The van der Waals surface area contributed by atoms with E-state index in [-0.39, 0.29) is 6.29 Å². The molecule has 0 bridgehead atoms. The van der Waals surface area contributed by atoms with E-state index in [9.17, 15) is 9.18 Å². The number of aldehydes is 1. The number of alkyl halides is 1. The van der Waals surface area contributed by atoms with E-state index in [1.165, 1.54) is 0 Å². The summed E-state index contributed by atoms with van der Waals surface area (Å²) in [5, 5.41) is 34.6. The van der Waals surface area contributed by atoms with E-state index in [1.54, 1.807) is 0 Å². The maximum atomic E-state index is 12.3. The van der Waals surface area contributed by atoms with Gasteiger partial charge in [0.15, 0.2) is 12.5 Å². The summed E-state index contributed by atoms with van der Waals surface area (Å²) >= 11 is 0. The minimum absolute atomic E-state index is 0.196. The number of aliphatic hydroxyl groups is 4. The third-order valence-electron chi connectivity index (χ3n) is 1.39. The predicted octanol–water partition coefficient (Wildman–Crippen LogP) is -2.40. The Bertz CT molecular complexity index is 142. The van der Waals surface area contributed by atoms with E-state index in [1.807, 2.05) is 0 Å². The van der Waals surface area contributed by atoms with Crippen molar-refractivity contribution >= 4 is 6.29 Å². The smallest absolute Gasteiger partial charge is 0.183 e. The summed E-state index contributed by atoms with van der Waals surface area (Å²) in [5.41, 5.74) is 0. The van der Waals surface area contributed by atoms with Gasteiger partial charge in [0, 0.05) is 0 Å². The molecule has 0 fully saturated rings. The summed E-state index contributed by atoms with van der Waals surface area (Å²) in [5.74, 6) is 0. The number of aliphatic hydroxyl groups excluding tert-OH is 4. The maximum Gasteiger partial charge on any atom is 0.183 e. The molecular formula is C6H11FO5. The minimum Gasteiger partial charge on any atom is -0.394 e. The molecule has 4 atom stereocenters. The minimum atomic E-state index is -2.26. The molecule has 0 amide bonds. The average molecular weight is 182 g/mol. The quantitative estimate of drug-likeness (QED) is 0.355. The first-order valence-electron chi connectivity index (χ1n) is 3.29. The van der Waals surface area contributed by atoms with Gasteiger partial charge < -0.3 is 25.2 Å². The Morgan fingerprint density at radius 3 is 2.08 bits per heavy atom. The molecule has 0 saturated carbocycles. The van der Waals surface area contributed by atoms with Gasteiger partial charge in [-0.1, -0.05) is 0 Å². The predicted molar refractivity (Wildman–Crippen MR) is 36.1 cm³/mol. The zero-order valence-corrected chi connectivity index (χ0v) is 6.17. The molecule has 5 nitrogen and oxygen atoms in total. The standard InChI is InChI=1S/C6H11FO5/c7-3(1-8)5(11)6(12)4(10)2-9/h1,3-6,9-12H,2H2/t3-,4+,5+,6+/m0/s1/i7+0. The van der Waals surface area contributed by atoms with Crippen LogP contribution in [0, 0.1) is 0 Å². The van der Waals surface area contributed by atoms with Crippen LogP contribution in [0.4, 0.5) is 4.39 Å². The molecule has 0 aromatic heterocycles. The van der Waals surface area contributed by atoms with Gasteiger partial charge in [-0.15, -0.1) is 0 Å². The second-order valence-electron chi connectivity index (χ2n) is 2.31. The van der Waals surface area contributed by atoms with Crippen LogP contribution >= 0.6 is 0 Å². The number of halogens is 1. The molecule has 0 unspecified atom stereocenters. The van der Waals surface area contributed by atoms with Crippen LogP contribution in [0.5, 0.6) is 0 Å². The lowest BCUT2D eigenvalue weighted by Gasteiger charge is -2.21. The molecule has 72 valence electrons. The number of carbonyl (C=O) groups is 1. The topological polar surface area (TPSA) is 98.0 Å². The summed E-state index contributed by atoms with van der Waals surface area (Å²) < 4.78 is 12.3. The van der Waals surface area contributed by atoms with Crippen molar-refractivity contribution < 1.29 is 29.6 Å². The van der Waals surface area contributed by atoms with E-state index in [0.717, 1.165) is 0 Å². The van der Waals surface area contributed by atoms with Gasteiger partial charge in [-0.25, -0.2) is 4.39 Å². The lowest BCUT2D eigenvalue weighted by atomic mass is 10.1. The van der Waals surface area contributed by atoms with E-state index in [2.05, 4.69) is 0 Å². The van der Waals surface area contributed by atoms with Crippen LogP contribution in [-0.2, 0) is 4.79 Å². The fraction of sp³-hybridized carbons (Fsp3) is 0.833. The molecule has 0 radical (unpaired) electrons. The molecule has 12 heavy (non-hydrogen) atoms. The fourth-order valence-corrected chi connectivity index (χ4v) is 0.604. The van der Waals surface area contributed by atoms with Crippen molar-refractivity contribution in [2.75, 3.05) is 6.61 Å². The second-order valence-corrected chi connectivity index (χ2v) is 2.31. The van der Waals surface area contributed by atoms with Crippen LogP contribution in [0.3, 0.4) is 0 Å². The molecule has 4 N–H and O–H groups in total. The molecule has 0 heterocycles. The van der Waals surface area contributed by atoms with E-state index in [4.69, 9.17) is 20.4 Å². The normalized spacial score (nSPS) is 21.1. The largest absolute Gasteiger partial charge is 0.394 e. The highest BCUT2D eigenvalue weighted by Crippen LogP contribution is 2.05. The van der Waals surface area contributed by atoms with Crippen LogP contribution < -0.4 is 0 Å². The highest BCUT2D eigenvalue weighted by atomic mass is 19.1. The Balaban J connectivity index is 4.07. The van der Waals surface area contributed by atoms with Crippen LogP contribution in [0.1, 0.15) is 0 Å². The van der Waals surface area contributed by atoms with Crippen LogP contribution in [-0.4, -0.2) is 57.8 Å². The summed E-state index contributed by atoms with van der Waals surface area (Å²) in [6.45, 7) is -0.816. The van der Waals surface area contributed by atoms with Gasteiger partial charge in [-0.3, -0.25) is 0 Å². The fourth-order valence-electron chi connectivity index (χ4n) is 0.604. The molecule has 0 aromatic carbocycles. The zero-order chi connectivity index (χ0) is 9.72. The molecule has 0 aliphatic rings. The Morgan fingerprint density at radius 2 is 1.75 bits per heavy atom. The lowest BCUT2D eigenvalue weighted by molar-refractivity contribution is -0.127. The van der Waals surface area contributed by atoms with Crippen molar-refractivity contribution in [3.8, 4) is 0 Å². The van der Waals surface area contributed by atoms with Crippen molar-refractivity contribution in [2.24, 2.45) is 0 Å². The maximum absolute atomic E-state index is 12.3. The molecule has 0 rings (SSSR count). The number of rotatable bonds is 5. The average Bonchev–Trinajstić information content (AvgIpc) is 2.12. The molecule has 0 saturated heterocycles. The molecule has 0 spiro atoms. The van der Waals surface area contributed by atoms with Crippen molar-refractivity contribution in [2.45, 2.75) is 24.5 Å². The third kappa shape index (κ3) is 2.82. The second kappa shape index (κ2) is 5.15. The summed E-state index contributed by atoms with van der Waals surface area (Å²) in [6, 6.07) is 0. The first-order valence-corrected chi connectivity index (χ1v) is 3.29. The first kappa shape index (κ1) is 11.4. The van der Waals surface area contributed by atoms with E-state index in [0.29, 0.717) is 0 Å². The Morgan fingerprint density at radius 1 is 1.25 bits per heavy atom. The SMILES string of the molecule is O=C[C@H]([19F])[C@@H](O)[C@H](O)[C@H](O)CO. The summed E-state index contributed by atoms with van der Waals surface area (Å²) in [4.78, 5) is 9.77. The first-order chi connectivity index (χ1) is 5.54. The molecule has 6 heteroatoms. The zero-order valence-electron chi connectivity index (χ0n) is 6.17. The Labute approximate surface area is 68.1 Å². The van der Waals surface area contributed by atoms with Gasteiger partial charge in [-0.05, 0) is 0 Å². The number of hydrogen-bond donors (Lipinski definition) is 4. The molecule has 0 aliphatic heterocycles. The highest BCUT2D eigenvalue weighted by molar-refractivity contribution is 5.56. The van der Waals surface area contributed by atoms with Crippen LogP contribution in [0.25, 0.3) is 0 Å². The van der Waals surface area contributed by atoms with Gasteiger partial charge in [0.1, 0.15) is 18.3 Å². The van der Waals surface area contributed by atoms with Gasteiger partial charge in [-0.2, -0.15) is 0 Å². The van der Waals surface area contributed by atoms with Gasteiger partial charge >= 0.3 is 0 Å². The third-order valence-corrected chi connectivity index (χ3v) is 1.39. The highest BCUT2D eigenvalue weighted by Gasteiger charge is 2.30. The summed E-state index contributed by atoms with van der Waals surface area (Å²) in [7, 11) is 0. The van der Waals surface area contributed by atoms with Gasteiger partial charge in [0.25, 0.3) is 0 Å². The van der Waals surface area contributed by atoms with Crippen molar-refractivity contribution in [1.29, 1.82) is 0 Å². The van der Waals surface area contributed by atoms with Crippen molar-refractivity contribution in [3.63, 3.8) is 0 Å². The molecular weight excluding hydrogens is 171 g/mol. The Hall–Kier alpha value is -0.560. The van der Waals surface area contributed by atoms with Gasteiger partial charge in [0.05, 0.1) is 6.61 Å². The van der Waals surface area contributed by atoms with E-state index >= 15 is 0 Å². The van der Waals surface area contributed by atoms with Crippen LogP contribution in [0.2, 0.25) is 0 Å². The number of carbonyl (C=O) groups excluding carboxylic acids is 1. The van der Waals surface area contributed by atoms with E-state index < -0.39 is 31.1 Å². The lowest BCUT2D eigenvalue weighted by Crippen LogP contribution is -2.44. The Kier molecular flexibility index (Phi) is 4.91. The summed E-state index contributed by atoms with van der Waals surface area (Å²) in [6.07, 6.45) is -7.99.